The monoisotopic (exact) mass is 411 g/mol. The molecule has 1 heterocycles. The van der Waals surface area contributed by atoms with Gasteiger partial charge in [-0.15, -0.1) is 0 Å². The third kappa shape index (κ3) is 3.80. The number of hydrogen-bond donors (Lipinski definition) is 0. The highest BCUT2D eigenvalue weighted by Gasteiger charge is 2.28. The SMILES string of the molecule is Cc1cc(C(C)(C)C)ccc1-c1n(-c2ccc(C(C)(C)C)cc2)c2ccccc2[n+]1C. The molecule has 4 aromatic rings. The van der Waals surface area contributed by atoms with Crippen molar-refractivity contribution in [3.05, 3.63) is 83.4 Å². The minimum Gasteiger partial charge on any atom is -0.225 e. The van der Waals surface area contributed by atoms with Gasteiger partial charge in [0.05, 0.1) is 12.6 Å². The number of hydrogen-bond acceptors (Lipinski definition) is 0. The van der Waals surface area contributed by atoms with Crippen LogP contribution < -0.4 is 4.57 Å². The van der Waals surface area contributed by atoms with Gasteiger partial charge >= 0.3 is 0 Å². The molecule has 0 aliphatic rings. The van der Waals surface area contributed by atoms with E-state index in [-0.39, 0.29) is 10.8 Å². The number of rotatable bonds is 2. The van der Waals surface area contributed by atoms with Crippen molar-refractivity contribution in [1.29, 1.82) is 0 Å². The maximum absolute atomic E-state index is 2.40. The molecule has 0 saturated carbocycles. The van der Waals surface area contributed by atoms with Crippen LogP contribution in [0.25, 0.3) is 28.1 Å². The van der Waals surface area contributed by atoms with Gasteiger partial charge in [0.15, 0.2) is 11.0 Å². The number of nitrogens with zero attached hydrogens (tertiary/aromatic N) is 2. The molecule has 2 heteroatoms. The zero-order chi connectivity index (χ0) is 22.6. The summed E-state index contributed by atoms with van der Waals surface area (Å²) in [6.07, 6.45) is 0. The molecule has 0 unspecified atom stereocenters. The molecule has 3 aromatic carbocycles. The van der Waals surface area contributed by atoms with E-state index in [2.05, 4.69) is 131 Å². The maximum atomic E-state index is 2.40. The van der Waals surface area contributed by atoms with Gasteiger partial charge in [0.2, 0.25) is 0 Å². The quantitative estimate of drug-likeness (QED) is 0.313. The highest BCUT2D eigenvalue weighted by atomic mass is 15.2. The van der Waals surface area contributed by atoms with Gasteiger partial charge in [-0.2, -0.15) is 4.57 Å². The molecule has 160 valence electrons. The second-order valence-corrected chi connectivity index (χ2v) is 10.8. The summed E-state index contributed by atoms with van der Waals surface area (Å²) in [6.45, 7) is 15.8. The van der Waals surface area contributed by atoms with E-state index in [0.717, 1.165) is 0 Å². The molecule has 0 spiro atoms. The summed E-state index contributed by atoms with van der Waals surface area (Å²) in [7, 11) is 2.18. The Balaban J connectivity index is 1.98. The van der Waals surface area contributed by atoms with Crippen LogP contribution in [0.15, 0.2) is 66.7 Å². The predicted octanol–water partition coefficient (Wildman–Crippen LogP) is 7.03. The lowest BCUT2D eigenvalue weighted by Gasteiger charge is -2.20. The lowest BCUT2D eigenvalue weighted by molar-refractivity contribution is -0.633. The van der Waals surface area contributed by atoms with Crippen LogP contribution in [-0.2, 0) is 17.9 Å². The molecule has 2 nitrogen and oxygen atoms in total. The van der Waals surface area contributed by atoms with Crippen molar-refractivity contribution in [1.82, 2.24) is 4.57 Å². The minimum atomic E-state index is 0.140. The standard InChI is InChI=1S/C29H35N2/c1-20-19-22(29(5,6)7)15-18-24(20)27-30(8)25-11-9-10-12-26(25)31(27)23-16-13-21(14-17-23)28(2,3)4/h9-19H,1-8H3/q+1. The van der Waals surface area contributed by atoms with Gasteiger partial charge < -0.3 is 0 Å². The van der Waals surface area contributed by atoms with Crippen LogP contribution in [0.2, 0.25) is 0 Å². The molecule has 0 aliphatic heterocycles. The van der Waals surface area contributed by atoms with Gasteiger partial charge in [-0.3, -0.25) is 0 Å². The summed E-state index contributed by atoms with van der Waals surface area (Å²) in [6, 6.07) is 24.7. The second kappa shape index (κ2) is 7.37. The van der Waals surface area contributed by atoms with Crippen molar-refractivity contribution in [2.75, 3.05) is 0 Å². The molecular weight excluding hydrogens is 376 g/mol. The summed E-state index contributed by atoms with van der Waals surface area (Å²) in [5.41, 5.74) is 9.23. The first kappa shape index (κ1) is 21.4. The summed E-state index contributed by atoms with van der Waals surface area (Å²) >= 11 is 0. The molecule has 0 N–H and O–H groups in total. The minimum absolute atomic E-state index is 0.140. The van der Waals surface area contributed by atoms with Crippen molar-refractivity contribution >= 4 is 11.0 Å². The molecule has 0 atom stereocenters. The van der Waals surface area contributed by atoms with E-state index in [9.17, 15) is 0 Å². The summed E-state index contributed by atoms with van der Waals surface area (Å²) in [4.78, 5) is 0. The Morgan fingerprint density at radius 2 is 1.29 bits per heavy atom. The van der Waals surface area contributed by atoms with Crippen LogP contribution in [0.5, 0.6) is 0 Å². The highest BCUT2D eigenvalue weighted by Crippen LogP contribution is 2.33. The maximum Gasteiger partial charge on any atom is 0.295 e. The van der Waals surface area contributed by atoms with E-state index >= 15 is 0 Å². The molecule has 31 heavy (non-hydrogen) atoms. The molecule has 1 aromatic heterocycles. The van der Waals surface area contributed by atoms with Crippen molar-refractivity contribution in [3.8, 4) is 17.1 Å². The molecule has 0 radical (unpaired) electrons. The summed E-state index contributed by atoms with van der Waals surface area (Å²) in [5, 5.41) is 0. The van der Waals surface area contributed by atoms with E-state index in [4.69, 9.17) is 0 Å². The molecule has 0 bridgehead atoms. The predicted molar refractivity (Wildman–Crippen MR) is 132 cm³/mol. The number of para-hydroxylation sites is 2. The largest absolute Gasteiger partial charge is 0.295 e. The normalized spacial score (nSPS) is 12.5. The Hall–Kier alpha value is -2.87. The highest BCUT2D eigenvalue weighted by molar-refractivity contribution is 5.79. The first-order chi connectivity index (χ1) is 14.5. The van der Waals surface area contributed by atoms with Crippen molar-refractivity contribution in [2.24, 2.45) is 7.05 Å². The average molecular weight is 412 g/mol. The van der Waals surface area contributed by atoms with Crippen molar-refractivity contribution < 1.29 is 4.57 Å². The van der Waals surface area contributed by atoms with E-state index < -0.39 is 0 Å². The number of aryl methyl sites for hydroxylation is 2. The smallest absolute Gasteiger partial charge is 0.225 e. The van der Waals surface area contributed by atoms with Gasteiger partial charge in [-0.25, -0.2) is 4.57 Å². The molecule has 0 saturated heterocycles. The average Bonchev–Trinajstić information content (AvgIpc) is 2.99. The fourth-order valence-corrected chi connectivity index (χ4v) is 4.37. The molecule has 0 amide bonds. The third-order valence-electron chi connectivity index (χ3n) is 6.34. The Kier molecular flexibility index (Phi) is 5.08. The van der Waals surface area contributed by atoms with Crippen LogP contribution in [0.3, 0.4) is 0 Å². The molecule has 0 fully saturated rings. The third-order valence-corrected chi connectivity index (χ3v) is 6.34. The van der Waals surface area contributed by atoms with Crippen molar-refractivity contribution in [2.45, 2.75) is 59.3 Å². The molecule has 0 aliphatic carbocycles. The van der Waals surface area contributed by atoms with Crippen LogP contribution in [0, 0.1) is 6.92 Å². The Bertz CT molecular complexity index is 1240. The fraction of sp³-hybridized carbons (Fsp3) is 0.345. The van der Waals surface area contributed by atoms with Gasteiger partial charge in [-0.05, 0) is 64.8 Å². The van der Waals surface area contributed by atoms with Gasteiger partial charge in [0.1, 0.15) is 5.69 Å². The lowest BCUT2D eigenvalue weighted by Crippen LogP contribution is -2.30. The zero-order valence-corrected chi connectivity index (χ0v) is 20.2. The summed E-state index contributed by atoms with van der Waals surface area (Å²) < 4.78 is 4.73. The number of aromatic nitrogens is 2. The van der Waals surface area contributed by atoms with Crippen LogP contribution >= 0.6 is 0 Å². The van der Waals surface area contributed by atoms with Crippen LogP contribution in [0.1, 0.15) is 58.2 Å². The fourth-order valence-electron chi connectivity index (χ4n) is 4.37. The number of fused-ring (bicyclic) bond motifs is 1. The zero-order valence-electron chi connectivity index (χ0n) is 20.2. The Morgan fingerprint density at radius 1 is 0.710 bits per heavy atom. The van der Waals surface area contributed by atoms with Gasteiger partial charge in [0, 0.05) is 0 Å². The topological polar surface area (TPSA) is 8.81 Å². The van der Waals surface area contributed by atoms with Gasteiger partial charge in [-0.1, -0.05) is 77.9 Å². The van der Waals surface area contributed by atoms with E-state index in [1.54, 1.807) is 0 Å². The lowest BCUT2D eigenvalue weighted by atomic mass is 9.85. The Labute approximate surface area is 187 Å². The second-order valence-electron chi connectivity index (χ2n) is 10.8. The van der Waals surface area contributed by atoms with Crippen molar-refractivity contribution in [3.63, 3.8) is 0 Å². The van der Waals surface area contributed by atoms with Gasteiger partial charge in [0.25, 0.3) is 5.82 Å². The first-order valence-corrected chi connectivity index (χ1v) is 11.2. The van der Waals surface area contributed by atoms with Crippen LogP contribution in [-0.4, -0.2) is 4.57 Å². The van der Waals surface area contributed by atoms with Crippen LogP contribution in [0.4, 0.5) is 0 Å². The number of benzene rings is 3. The number of imidazole rings is 1. The molecule has 4 rings (SSSR count). The summed E-state index contributed by atoms with van der Waals surface area (Å²) in [5.74, 6) is 1.21. The van der Waals surface area contributed by atoms with E-state index in [1.807, 2.05) is 0 Å². The van der Waals surface area contributed by atoms with E-state index in [0.29, 0.717) is 0 Å². The Morgan fingerprint density at radius 3 is 1.87 bits per heavy atom. The molecular formula is C29H35N2+. The first-order valence-electron chi connectivity index (χ1n) is 11.2. The van der Waals surface area contributed by atoms with E-state index in [1.165, 1.54) is 44.8 Å².